The molecule has 0 radical (unpaired) electrons. The van der Waals surface area contributed by atoms with Crippen LogP contribution in [-0.2, 0) is 0 Å². The molecule has 0 N–H and O–H groups in total. The Hall–Kier alpha value is -1.03. The van der Waals surface area contributed by atoms with Crippen molar-refractivity contribution in [3.63, 3.8) is 0 Å². The SMILES string of the molecule is O=C(CCCl)c1ncncn1. The number of nitrogens with zero attached hydrogens (tertiary/aromatic N) is 3. The third-order valence-corrected chi connectivity index (χ3v) is 1.25. The van der Waals surface area contributed by atoms with Gasteiger partial charge in [-0.1, -0.05) is 0 Å². The van der Waals surface area contributed by atoms with Crippen LogP contribution in [0.5, 0.6) is 0 Å². The Morgan fingerprint density at radius 3 is 2.64 bits per heavy atom. The van der Waals surface area contributed by atoms with E-state index in [4.69, 9.17) is 11.6 Å². The Kier molecular flexibility index (Phi) is 2.92. The molecule has 0 spiro atoms. The molecule has 0 bridgehead atoms. The van der Waals surface area contributed by atoms with Gasteiger partial charge in [0.25, 0.3) is 0 Å². The number of rotatable bonds is 3. The molecule has 1 aromatic heterocycles. The van der Waals surface area contributed by atoms with Crippen LogP contribution in [0, 0.1) is 0 Å². The van der Waals surface area contributed by atoms with Gasteiger partial charge in [-0.3, -0.25) is 4.79 Å². The fourth-order valence-corrected chi connectivity index (χ4v) is 0.752. The van der Waals surface area contributed by atoms with E-state index in [9.17, 15) is 4.79 Å². The summed E-state index contributed by atoms with van der Waals surface area (Å²) in [5.74, 6) is 0.327. The van der Waals surface area contributed by atoms with Crippen LogP contribution in [0.3, 0.4) is 0 Å². The Bertz CT molecular complexity index is 239. The monoisotopic (exact) mass is 171 g/mol. The van der Waals surface area contributed by atoms with Crippen LogP contribution in [-0.4, -0.2) is 26.6 Å². The molecule has 0 fully saturated rings. The molecule has 0 aliphatic carbocycles. The maximum absolute atomic E-state index is 11.0. The number of hydrogen-bond acceptors (Lipinski definition) is 4. The first-order chi connectivity index (χ1) is 5.34. The quantitative estimate of drug-likeness (QED) is 0.496. The normalized spacial score (nSPS) is 9.55. The summed E-state index contributed by atoms with van der Waals surface area (Å²) in [5.41, 5.74) is 0. The first-order valence-electron chi connectivity index (χ1n) is 3.05. The summed E-state index contributed by atoms with van der Waals surface area (Å²) >= 11 is 5.35. The van der Waals surface area contributed by atoms with E-state index in [0.717, 1.165) is 0 Å². The Balaban J connectivity index is 2.69. The zero-order valence-electron chi connectivity index (χ0n) is 5.70. The summed E-state index contributed by atoms with van der Waals surface area (Å²) in [6.07, 6.45) is 2.84. The second-order valence-corrected chi connectivity index (χ2v) is 2.20. The molecule has 0 unspecified atom stereocenters. The van der Waals surface area contributed by atoms with Crippen molar-refractivity contribution in [2.24, 2.45) is 0 Å². The van der Waals surface area contributed by atoms with Gasteiger partial charge >= 0.3 is 0 Å². The standard InChI is InChI=1S/C6H6ClN3O/c7-2-1-5(11)6-9-3-8-4-10-6/h3-4H,1-2H2. The van der Waals surface area contributed by atoms with Crippen molar-refractivity contribution in [3.05, 3.63) is 18.5 Å². The summed E-state index contributed by atoms with van der Waals surface area (Å²) in [7, 11) is 0. The largest absolute Gasteiger partial charge is 0.291 e. The van der Waals surface area contributed by atoms with Crippen molar-refractivity contribution in [2.45, 2.75) is 6.42 Å². The molecule has 0 atom stereocenters. The van der Waals surface area contributed by atoms with E-state index in [0.29, 0.717) is 5.88 Å². The number of halogens is 1. The van der Waals surface area contributed by atoms with Crippen LogP contribution >= 0.6 is 11.6 Å². The van der Waals surface area contributed by atoms with Crippen LogP contribution in [0.2, 0.25) is 0 Å². The van der Waals surface area contributed by atoms with E-state index in [-0.39, 0.29) is 18.0 Å². The fraction of sp³-hybridized carbons (Fsp3) is 0.333. The van der Waals surface area contributed by atoms with Crippen molar-refractivity contribution in [1.29, 1.82) is 0 Å². The van der Waals surface area contributed by atoms with Crippen LogP contribution in [0.4, 0.5) is 0 Å². The summed E-state index contributed by atoms with van der Waals surface area (Å²) < 4.78 is 0. The number of Topliss-reactive ketones (excluding diaryl/α,β-unsaturated/α-hetero) is 1. The van der Waals surface area contributed by atoms with Gasteiger partial charge in [0.15, 0.2) is 5.82 Å². The van der Waals surface area contributed by atoms with Crippen molar-refractivity contribution >= 4 is 17.4 Å². The average Bonchev–Trinajstić information content (AvgIpc) is 2.07. The minimum absolute atomic E-state index is 0.151. The van der Waals surface area contributed by atoms with Crippen molar-refractivity contribution < 1.29 is 4.79 Å². The van der Waals surface area contributed by atoms with Gasteiger partial charge in [0, 0.05) is 12.3 Å². The number of aromatic nitrogens is 3. The molecule has 0 amide bonds. The smallest absolute Gasteiger partial charge is 0.201 e. The molecule has 0 aliphatic heterocycles. The van der Waals surface area contributed by atoms with Gasteiger partial charge in [-0.2, -0.15) is 0 Å². The van der Waals surface area contributed by atoms with Crippen molar-refractivity contribution in [1.82, 2.24) is 15.0 Å². The lowest BCUT2D eigenvalue weighted by molar-refractivity contribution is 0.0979. The van der Waals surface area contributed by atoms with Gasteiger partial charge < -0.3 is 0 Å². The maximum Gasteiger partial charge on any atom is 0.201 e. The highest BCUT2D eigenvalue weighted by atomic mass is 35.5. The second-order valence-electron chi connectivity index (χ2n) is 1.82. The van der Waals surface area contributed by atoms with E-state index in [2.05, 4.69) is 15.0 Å². The molecule has 0 aliphatic rings. The minimum atomic E-state index is -0.151. The lowest BCUT2D eigenvalue weighted by Gasteiger charge is -1.92. The molecule has 1 rings (SSSR count). The summed E-state index contributed by atoms with van der Waals surface area (Å²) in [6.45, 7) is 0. The molecule has 4 nitrogen and oxygen atoms in total. The molecule has 0 aromatic carbocycles. The molecule has 0 saturated carbocycles. The second kappa shape index (κ2) is 3.98. The predicted molar refractivity (Wildman–Crippen MR) is 39.5 cm³/mol. The van der Waals surface area contributed by atoms with Crippen molar-refractivity contribution in [3.8, 4) is 0 Å². The molecule has 5 heteroatoms. The highest BCUT2D eigenvalue weighted by molar-refractivity contribution is 6.19. The van der Waals surface area contributed by atoms with Gasteiger partial charge in [-0.05, 0) is 0 Å². The summed E-state index contributed by atoms with van der Waals surface area (Å²) in [6, 6.07) is 0. The van der Waals surface area contributed by atoms with E-state index in [1.165, 1.54) is 12.7 Å². The third-order valence-electron chi connectivity index (χ3n) is 1.06. The highest BCUT2D eigenvalue weighted by Gasteiger charge is 2.05. The highest BCUT2D eigenvalue weighted by Crippen LogP contribution is 1.94. The fourth-order valence-electron chi connectivity index (χ4n) is 0.581. The van der Waals surface area contributed by atoms with Crippen LogP contribution in [0.15, 0.2) is 12.7 Å². The number of alkyl halides is 1. The van der Waals surface area contributed by atoms with Crippen LogP contribution in [0.1, 0.15) is 17.0 Å². The topological polar surface area (TPSA) is 55.7 Å². The predicted octanol–water partition coefficient (Wildman–Crippen LogP) is 0.683. The first kappa shape index (κ1) is 8.07. The minimum Gasteiger partial charge on any atom is -0.291 e. The van der Waals surface area contributed by atoms with Gasteiger partial charge in [-0.15, -0.1) is 11.6 Å². The number of carbonyl (C=O) groups excluding carboxylic acids is 1. The molecule has 1 heterocycles. The lowest BCUT2D eigenvalue weighted by atomic mass is 10.3. The van der Waals surface area contributed by atoms with Gasteiger partial charge in [0.1, 0.15) is 12.7 Å². The first-order valence-corrected chi connectivity index (χ1v) is 3.59. The van der Waals surface area contributed by atoms with Crippen LogP contribution in [0.25, 0.3) is 0 Å². The number of carbonyl (C=O) groups is 1. The Morgan fingerprint density at radius 1 is 1.45 bits per heavy atom. The summed E-state index contributed by atoms with van der Waals surface area (Å²) in [5, 5.41) is 0. The number of hydrogen-bond donors (Lipinski definition) is 0. The average molecular weight is 172 g/mol. The molecular formula is C6H6ClN3O. The Morgan fingerprint density at radius 2 is 2.09 bits per heavy atom. The Labute approximate surface area is 68.6 Å². The lowest BCUT2D eigenvalue weighted by Crippen LogP contribution is -2.05. The van der Waals surface area contributed by atoms with Gasteiger partial charge in [0.05, 0.1) is 0 Å². The molecule has 58 valence electrons. The molecule has 1 aromatic rings. The maximum atomic E-state index is 11.0. The zero-order valence-corrected chi connectivity index (χ0v) is 6.45. The van der Waals surface area contributed by atoms with E-state index >= 15 is 0 Å². The number of ketones is 1. The van der Waals surface area contributed by atoms with Gasteiger partial charge in [0.2, 0.25) is 5.78 Å². The van der Waals surface area contributed by atoms with Crippen LogP contribution < -0.4 is 0 Å². The third kappa shape index (κ3) is 2.23. The zero-order chi connectivity index (χ0) is 8.10. The molecular weight excluding hydrogens is 166 g/mol. The molecule has 11 heavy (non-hydrogen) atoms. The summed E-state index contributed by atoms with van der Waals surface area (Å²) in [4.78, 5) is 21.9. The van der Waals surface area contributed by atoms with E-state index in [1.807, 2.05) is 0 Å². The van der Waals surface area contributed by atoms with E-state index < -0.39 is 0 Å². The molecule has 0 saturated heterocycles. The van der Waals surface area contributed by atoms with Crippen molar-refractivity contribution in [2.75, 3.05) is 5.88 Å². The van der Waals surface area contributed by atoms with E-state index in [1.54, 1.807) is 0 Å². The van der Waals surface area contributed by atoms with Gasteiger partial charge in [-0.25, -0.2) is 15.0 Å².